The highest BCUT2D eigenvalue weighted by Crippen LogP contribution is 2.42. The van der Waals surface area contributed by atoms with Gasteiger partial charge in [0.1, 0.15) is 11.2 Å². The number of rotatable bonds is 8. The minimum absolute atomic E-state index is 0.905. The van der Waals surface area contributed by atoms with Crippen LogP contribution in [0.3, 0.4) is 0 Å². The fourth-order valence-corrected chi connectivity index (χ4v) is 8.67. The van der Waals surface area contributed by atoms with E-state index in [2.05, 4.69) is 207 Å². The topological polar surface area (TPSA) is 16.4 Å². The number of anilines is 3. The van der Waals surface area contributed by atoms with E-state index in [1.54, 1.807) is 0 Å². The molecular weight excluding hydrogens is 703 g/mol. The van der Waals surface area contributed by atoms with Gasteiger partial charge >= 0.3 is 0 Å². The Bertz CT molecular complexity index is 2970. The molecule has 1 aromatic heterocycles. The monoisotopic (exact) mass is 745 g/mol. The Morgan fingerprint density at radius 1 is 0.431 bits per heavy atom. The summed E-state index contributed by atoms with van der Waals surface area (Å²) in [4.78, 5) is 2.36. The van der Waals surface area contributed by atoms with E-state index in [0.29, 0.717) is 0 Å². The summed E-state index contributed by atoms with van der Waals surface area (Å²) in [6.45, 7) is 4.52. The van der Waals surface area contributed by atoms with Crippen molar-refractivity contribution in [1.29, 1.82) is 0 Å². The number of furan rings is 1. The van der Waals surface area contributed by atoms with Gasteiger partial charge in [0.05, 0.1) is 0 Å². The Hall–Kier alpha value is -7.16. The molecule has 1 aliphatic rings. The van der Waals surface area contributed by atoms with Crippen LogP contribution in [0.25, 0.3) is 72.0 Å². The molecule has 2 heteroatoms. The quantitative estimate of drug-likeness (QED) is 0.154. The molecule has 0 saturated heterocycles. The van der Waals surface area contributed by atoms with E-state index in [-0.39, 0.29) is 0 Å². The van der Waals surface area contributed by atoms with E-state index < -0.39 is 0 Å². The highest BCUT2D eigenvalue weighted by Gasteiger charge is 2.18. The van der Waals surface area contributed by atoms with E-state index in [4.69, 9.17) is 4.42 Å². The molecule has 0 spiro atoms. The molecule has 0 saturated carbocycles. The fourth-order valence-electron chi connectivity index (χ4n) is 8.67. The third kappa shape index (κ3) is 6.53. The van der Waals surface area contributed by atoms with E-state index in [1.807, 2.05) is 12.1 Å². The second-order valence-electron chi connectivity index (χ2n) is 15.3. The largest absolute Gasteiger partial charge is 0.456 e. The van der Waals surface area contributed by atoms with Crippen molar-refractivity contribution in [3.8, 4) is 44.5 Å². The molecule has 1 heterocycles. The fraction of sp³-hybridized carbons (Fsp3) is 0.0714. The van der Waals surface area contributed by atoms with Gasteiger partial charge in [0, 0.05) is 27.8 Å². The maximum absolute atomic E-state index is 6.24. The summed E-state index contributed by atoms with van der Waals surface area (Å²) < 4.78 is 6.24. The highest BCUT2D eigenvalue weighted by atomic mass is 16.3. The minimum Gasteiger partial charge on any atom is -0.456 e. The molecule has 278 valence electrons. The minimum atomic E-state index is 0.905. The van der Waals surface area contributed by atoms with Crippen LogP contribution in [-0.2, 0) is 0 Å². The molecule has 0 aliphatic heterocycles. The van der Waals surface area contributed by atoms with Crippen molar-refractivity contribution in [3.63, 3.8) is 0 Å². The lowest BCUT2D eigenvalue weighted by atomic mass is 9.85. The molecule has 0 bridgehead atoms. The van der Waals surface area contributed by atoms with Crippen LogP contribution in [0.1, 0.15) is 30.9 Å². The summed E-state index contributed by atoms with van der Waals surface area (Å²) >= 11 is 0. The third-order valence-corrected chi connectivity index (χ3v) is 11.7. The Labute approximate surface area is 340 Å². The van der Waals surface area contributed by atoms with Gasteiger partial charge in [0.2, 0.25) is 0 Å². The second-order valence-corrected chi connectivity index (χ2v) is 15.3. The first-order chi connectivity index (χ1) is 28.6. The predicted octanol–water partition coefficient (Wildman–Crippen LogP) is 16.2. The molecule has 58 heavy (non-hydrogen) atoms. The first-order valence-electron chi connectivity index (χ1n) is 20.2. The summed E-state index contributed by atoms with van der Waals surface area (Å²) in [6.07, 6.45) is 6.85. The van der Waals surface area contributed by atoms with E-state index in [9.17, 15) is 0 Å². The van der Waals surface area contributed by atoms with E-state index in [1.165, 1.54) is 61.2 Å². The van der Waals surface area contributed by atoms with Crippen molar-refractivity contribution in [2.45, 2.75) is 26.7 Å². The van der Waals surface area contributed by atoms with Crippen LogP contribution in [0.2, 0.25) is 0 Å². The number of allylic oxidation sites excluding steroid dienone is 4. The van der Waals surface area contributed by atoms with Crippen LogP contribution in [0.4, 0.5) is 17.1 Å². The second kappa shape index (κ2) is 15.1. The summed E-state index contributed by atoms with van der Waals surface area (Å²) in [5, 5.41) is 2.28. The molecular formula is C56H43NO. The summed E-state index contributed by atoms with van der Waals surface area (Å²) in [5.74, 6) is 0. The number of hydrogen-bond donors (Lipinski definition) is 0. The van der Waals surface area contributed by atoms with Crippen LogP contribution in [0.15, 0.2) is 210 Å². The molecule has 1 aliphatic carbocycles. The molecule has 8 aromatic carbocycles. The van der Waals surface area contributed by atoms with E-state index in [0.717, 1.165) is 57.4 Å². The molecule has 10 rings (SSSR count). The van der Waals surface area contributed by atoms with Gasteiger partial charge < -0.3 is 9.32 Å². The van der Waals surface area contributed by atoms with Crippen molar-refractivity contribution in [2.75, 3.05) is 4.90 Å². The maximum Gasteiger partial charge on any atom is 0.136 e. The maximum atomic E-state index is 6.24. The van der Waals surface area contributed by atoms with Crippen LogP contribution in [0.5, 0.6) is 0 Å². The molecule has 0 radical (unpaired) electrons. The molecule has 0 amide bonds. The van der Waals surface area contributed by atoms with Gasteiger partial charge in [0.25, 0.3) is 0 Å². The van der Waals surface area contributed by atoms with Gasteiger partial charge in [-0.25, -0.2) is 0 Å². The lowest BCUT2D eigenvalue weighted by molar-refractivity contribution is 0.669. The smallest absolute Gasteiger partial charge is 0.136 e. The lowest BCUT2D eigenvalue weighted by Gasteiger charge is -2.26. The van der Waals surface area contributed by atoms with Crippen molar-refractivity contribution >= 4 is 44.6 Å². The Morgan fingerprint density at radius 3 is 1.57 bits per heavy atom. The predicted molar refractivity (Wildman–Crippen MR) is 246 cm³/mol. The average molecular weight is 746 g/mol. The normalized spacial score (nSPS) is 12.7. The molecule has 0 fully saturated rings. The third-order valence-electron chi connectivity index (χ3n) is 11.7. The van der Waals surface area contributed by atoms with Crippen LogP contribution >= 0.6 is 0 Å². The standard InChI is InChI=1S/C56H43NO/c1-38-12-6-7-16-49(38)55-39(2)13-10-18-50(55)44-28-34-47(35-29-44)57(46-32-26-43(27-33-46)42-24-22-41(23-25-42)40-14-4-3-5-15-40)48-36-30-45(31-37-48)51-19-11-21-54-56(51)52-17-8-9-20-53(52)58-54/h3-5,7-11,13-37H,6,12H2,1-2H3. The molecule has 0 atom stereocenters. The van der Waals surface area contributed by atoms with Crippen molar-refractivity contribution in [2.24, 2.45) is 0 Å². The van der Waals surface area contributed by atoms with Gasteiger partial charge in [0.15, 0.2) is 0 Å². The summed E-state index contributed by atoms with van der Waals surface area (Å²) in [5.41, 5.74) is 20.2. The zero-order valence-electron chi connectivity index (χ0n) is 32.8. The van der Waals surface area contributed by atoms with E-state index >= 15 is 0 Å². The summed E-state index contributed by atoms with van der Waals surface area (Å²) in [7, 11) is 0. The zero-order chi connectivity index (χ0) is 39.0. The van der Waals surface area contributed by atoms with Gasteiger partial charge in [-0.3, -0.25) is 0 Å². The summed E-state index contributed by atoms with van der Waals surface area (Å²) in [6, 6.07) is 67.7. The molecule has 0 N–H and O–H groups in total. The number of hydrogen-bond acceptors (Lipinski definition) is 2. The number of fused-ring (bicyclic) bond motifs is 3. The van der Waals surface area contributed by atoms with Crippen LogP contribution < -0.4 is 4.90 Å². The molecule has 2 nitrogen and oxygen atoms in total. The van der Waals surface area contributed by atoms with Crippen molar-refractivity contribution < 1.29 is 4.42 Å². The first kappa shape index (κ1) is 35.3. The van der Waals surface area contributed by atoms with Crippen LogP contribution in [-0.4, -0.2) is 0 Å². The van der Waals surface area contributed by atoms with Gasteiger partial charge in [-0.1, -0.05) is 157 Å². The number of aryl methyl sites for hydroxylation is 1. The van der Waals surface area contributed by atoms with Crippen LogP contribution in [0, 0.1) is 6.92 Å². The average Bonchev–Trinajstić information content (AvgIpc) is 3.67. The number of nitrogens with zero attached hydrogens (tertiary/aromatic N) is 1. The number of benzene rings is 8. The Balaban J connectivity index is 1.03. The number of para-hydroxylation sites is 1. The lowest BCUT2D eigenvalue weighted by Crippen LogP contribution is -2.09. The first-order valence-corrected chi connectivity index (χ1v) is 20.2. The SMILES string of the molecule is CC1=C(c2c(C)cccc2-c2ccc(N(c3ccc(-c4ccc(-c5ccccc5)cc4)cc3)c3ccc(-c4cccc5oc6ccccc6c45)cc3)cc2)C=CCC1. The zero-order valence-corrected chi connectivity index (χ0v) is 32.8. The van der Waals surface area contributed by atoms with Gasteiger partial charge in [-0.2, -0.15) is 0 Å². The van der Waals surface area contributed by atoms with Gasteiger partial charge in [-0.15, -0.1) is 0 Å². The Kier molecular flexibility index (Phi) is 9.16. The Morgan fingerprint density at radius 2 is 0.931 bits per heavy atom. The van der Waals surface area contributed by atoms with Gasteiger partial charge in [-0.05, 0) is 136 Å². The van der Waals surface area contributed by atoms with Crippen molar-refractivity contribution in [1.82, 2.24) is 0 Å². The molecule has 0 unspecified atom stereocenters. The highest BCUT2D eigenvalue weighted by molar-refractivity contribution is 6.12. The van der Waals surface area contributed by atoms with Crippen molar-refractivity contribution in [3.05, 3.63) is 217 Å². The molecule has 9 aromatic rings.